The lowest BCUT2D eigenvalue weighted by Crippen LogP contribution is -2.29. The molecule has 0 unspecified atom stereocenters. The average Bonchev–Trinajstić information content (AvgIpc) is 3.23. The third-order valence-corrected chi connectivity index (χ3v) is 7.26. The molecule has 1 saturated heterocycles. The monoisotopic (exact) mass is 533 g/mol. The number of benzene rings is 4. The molecule has 0 aliphatic carbocycles. The number of nitrogens with zero attached hydrogens (tertiary/aromatic N) is 1. The summed E-state index contributed by atoms with van der Waals surface area (Å²) in [5.41, 5.74) is -0.209. The van der Waals surface area contributed by atoms with Gasteiger partial charge in [-0.2, -0.15) is 0 Å². The lowest BCUT2D eigenvalue weighted by atomic mass is 9.88. The molecule has 1 aliphatic rings. The van der Waals surface area contributed by atoms with Gasteiger partial charge < -0.3 is 9.47 Å². The number of ketones is 1. The maximum Gasteiger partial charge on any atom is 0.194 e. The zero-order valence-corrected chi connectivity index (χ0v) is 21.8. The smallest absolute Gasteiger partial charge is 0.194 e. The van der Waals surface area contributed by atoms with Crippen LogP contribution in [-0.4, -0.2) is 44.0 Å². The molecule has 4 aromatic rings. The molecule has 1 heterocycles. The number of methoxy groups -OCH3 is 1. The van der Waals surface area contributed by atoms with Crippen LogP contribution < -0.4 is 9.47 Å². The van der Waals surface area contributed by atoms with Crippen molar-refractivity contribution >= 4 is 16.6 Å². The van der Waals surface area contributed by atoms with Gasteiger partial charge in [0.15, 0.2) is 17.4 Å². The van der Waals surface area contributed by atoms with Gasteiger partial charge in [0, 0.05) is 17.7 Å². The summed E-state index contributed by atoms with van der Waals surface area (Å²) in [6.07, 6.45) is 4.97. The van der Waals surface area contributed by atoms with Crippen molar-refractivity contribution in [1.82, 2.24) is 4.90 Å². The van der Waals surface area contributed by atoms with Gasteiger partial charge in [-0.1, -0.05) is 25.0 Å². The lowest BCUT2D eigenvalue weighted by Gasteiger charge is -2.19. The van der Waals surface area contributed by atoms with Gasteiger partial charge in [-0.05, 0) is 96.9 Å². The molecule has 1 aliphatic heterocycles. The second-order valence-corrected chi connectivity index (χ2v) is 9.75. The predicted octanol–water partition coefficient (Wildman–Crippen LogP) is 7.42. The van der Waals surface area contributed by atoms with E-state index < -0.39 is 28.8 Å². The molecule has 202 valence electrons. The molecule has 39 heavy (non-hydrogen) atoms. The summed E-state index contributed by atoms with van der Waals surface area (Å²) in [6, 6.07) is 16.4. The van der Waals surface area contributed by atoms with Crippen LogP contribution in [0.15, 0.2) is 66.7 Å². The number of hydrogen-bond donors (Lipinski definition) is 0. The molecule has 0 bridgehead atoms. The van der Waals surface area contributed by atoms with Gasteiger partial charge in [0.05, 0.1) is 12.7 Å². The molecule has 0 N–H and O–H groups in total. The molecule has 4 aromatic carbocycles. The first-order valence-corrected chi connectivity index (χ1v) is 13.2. The number of halogens is 3. The number of carbonyl (C=O) groups excluding carboxylic acids is 1. The van der Waals surface area contributed by atoms with Crippen molar-refractivity contribution in [3.05, 3.63) is 95.3 Å². The van der Waals surface area contributed by atoms with Crippen LogP contribution in [0.2, 0.25) is 0 Å². The first-order valence-electron chi connectivity index (χ1n) is 13.2. The van der Waals surface area contributed by atoms with Crippen LogP contribution in [0.5, 0.6) is 11.5 Å². The normalized spacial score (nSPS) is 14.3. The lowest BCUT2D eigenvalue weighted by molar-refractivity contribution is 0.104. The maximum absolute atomic E-state index is 14.9. The van der Waals surface area contributed by atoms with Crippen molar-refractivity contribution in [3.63, 3.8) is 0 Å². The first kappa shape index (κ1) is 26.8. The van der Waals surface area contributed by atoms with Crippen molar-refractivity contribution in [2.45, 2.75) is 25.7 Å². The summed E-state index contributed by atoms with van der Waals surface area (Å²) < 4.78 is 55.1. The molecular weight excluding hydrogens is 503 g/mol. The zero-order chi connectivity index (χ0) is 27.4. The van der Waals surface area contributed by atoms with E-state index in [1.165, 1.54) is 38.9 Å². The Bertz CT molecular complexity index is 1480. The number of ether oxygens (including phenoxy) is 2. The largest absolute Gasteiger partial charge is 0.497 e. The quantitative estimate of drug-likeness (QED) is 0.175. The van der Waals surface area contributed by atoms with Crippen LogP contribution in [0, 0.1) is 17.5 Å². The molecule has 0 aromatic heterocycles. The molecule has 4 nitrogen and oxygen atoms in total. The highest BCUT2D eigenvalue weighted by Crippen LogP contribution is 2.37. The Hall–Kier alpha value is -3.84. The van der Waals surface area contributed by atoms with Crippen LogP contribution >= 0.6 is 0 Å². The number of fused-ring (bicyclic) bond motifs is 1. The highest BCUT2D eigenvalue weighted by atomic mass is 19.2. The molecule has 0 atom stereocenters. The van der Waals surface area contributed by atoms with Crippen molar-refractivity contribution < 1.29 is 27.4 Å². The number of carbonyl (C=O) groups is 1. The number of likely N-dealkylation sites (tertiary alicyclic amines) is 1. The van der Waals surface area contributed by atoms with Crippen molar-refractivity contribution in [3.8, 4) is 22.6 Å². The van der Waals surface area contributed by atoms with Gasteiger partial charge >= 0.3 is 0 Å². The van der Waals surface area contributed by atoms with E-state index in [0.29, 0.717) is 34.4 Å². The minimum Gasteiger partial charge on any atom is -0.497 e. The summed E-state index contributed by atoms with van der Waals surface area (Å²) in [5, 5.41) is 1.12. The summed E-state index contributed by atoms with van der Waals surface area (Å²) in [7, 11) is 1.52. The van der Waals surface area contributed by atoms with E-state index in [-0.39, 0.29) is 11.1 Å². The molecule has 0 amide bonds. The fourth-order valence-electron chi connectivity index (χ4n) is 5.16. The van der Waals surface area contributed by atoms with Gasteiger partial charge in [-0.3, -0.25) is 9.69 Å². The van der Waals surface area contributed by atoms with E-state index in [1.807, 2.05) is 0 Å². The van der Waals surface area contributed by atoms with Gasteiger partial charge in [0.2, 0.25) is 0 Å². The van der Waals surface area contributed by atoms with Crippen LogP contribution in [0.25, 0.3) is 21.9 Å². The summed E-state index contributed by atoms with van der Waals surface area (Å²) in [4.78, 5) is 16.3. The molecular formula is C32H30F3NO3. The second kappa shape index (κ2) is 11.9. The highest BCUT2D eigenvalue weighted by molar-refractivity contribution is 6.20. The van der Waals surface area contributed by atoms with E-state index in [1.54, 1.807) is 48.5 Å². The Kier molecular flexibility index (Phi) is 8.17. The van der Waals surface area contributed by atoms with Crippen LogP contribution in [0.3, 0.4) is 0 Å². The Morgan fingerprint density at radius 1 is 0.821 bits per heavy atom. The average molecular weight is 534 g/mol. The van der Waals surface area contributed by atoms with E-state index >= 15 is 0 Å². The molecule has 0 spiro atoms. The summed E-state index contributed by atoms with van der Waals surface area (Å²) >= 11 is 0. The van der Waals surface area contributed by atoms with Gasteiger partial charge in [0.1, 0.15) is 23.9 Å². The Labute approximate surface area is 226 Å². The Morgan fingerprint density at radius 2 is 1.51 bits per heavy atom. The van der Waals surface area contributed by atoms with E-state index in [0.717, 1.165) is 31.8 Å². The summed E-state index contributed by atoms with van der Waals surface area (Å²) in [6.45, 7) is 3.56. The Balaban J connectivity index is 1.46. The second-order valence-electron chi connectivity index (χ2n) is 9.75. The SMILES string of the molecule is COc1ccc2c(C(=O)c3ccc(OCCN4CCCCCC4)cc3)c(-c3c(F)ccc(F)c3F)ccc2c1. The van der Waals surface area contributed by atoms with Gasteiger partial charge in [-0.15, -0.1) is 0 Å². The third kappa shape index (κ3) is 5.78. The third-order valence-electron chi connectivity index (χ3n) is 7.26. The van der Waals surface area contributed by atoms with Crippen LogP contribution in [0.4, 0.5) is 13.2 Å². The molecule has 0 saturated carbocycles. The number of hydrogen-bond acceptors (Lipinski definition) is 4. The standard InChI is InChI=1S/C32H30F3NO3/c1-38-24-11-13-25-22(20-24)8-12-26(30-27(33)14-15-28(34)31(30)35)29(25)32(37)21-6-9-23(10-7-21)39-19-18-36-16-4-2-3-5-17-36/h6-15,20H,2-5,16-19H2,1H3. The molecule has 1 fully saturated rings. The van der Waals surface area contributed by atoms with Gasteiger partial charge in [-0.25, -0.2) is 13.2 Å². The van der Waals surface area contributed by atoms with E-state index in [4.69, 9.17) is 9.47 Å². The minimum absolute atomic E-state index is 0.0232. The van der Waals surface area contributed by atoms with Crippen molar-refractivity contribution in [2.24, 2.45) is 0 Å². The van der Waals surface area contributed by atoms with Crippen molar-refractivity contribution in [2.75, 3.05) is 33.4 Å². The first-order chi connectivity index (χ1) is 19.0. The topological polar surface area (TPSA) is 38.8 Å². The zero-order valence-electron chi connectivity index (χ0n) is 21.8. The Morgan fingerprint density at radius 3 is 2.23 bits per heavy atom. The molecule has 7 heteroatoms. The summed E-state index contributed by atoms with van der Waals surface area (Å²) in [5.74, 6) is -2.74. The van der Waals surface area contributed by atoms with Crippen LogP contribution in [0.1, 0.15) is 41.6 Å². The maximum atomic E-state index is 14.9. The highest BCUT2D eigenvalue weighted by Gasteiger charge is 2.24. The predicted molar refractivity (Wildman–Crippen MR) is 146 cm³/mol. The fourth-order valence-corrected chi connectivity index (χ4v) is 5.16. The molecule has 5 rings (SSSR count). The van der Waals surface area contributed by atoms with E-state index in [2.05, 4.69) is 4.90 Å². The number of rotatable bonds is 8. The fraction of sp³-hybridized carbons (Fsp3) is 0.281. The van der Waals surface area contributed by atoms with Crippen LogP contribution in [-0.2, 0) is 0 Å². The van der Waals surface area contributed by atoms with Crippen molar-refractivity contribution in [1.29, 1.82) is 0 Å². The van der Waals surface area contributed by atoms with E-state index in [9.17, 15) is 18.0 Å². The minimum atomic E-state index is -1.34. The molecule has 0 radical (unpaired) electrons. The van der Waals surface area contributed by atoms with Gasteiger partial charge in [0.25, 0.3) is 0 Å².